The predicted octanol–water partition coefficient (Wildman–Crippen LogP) is 1.92. The van der Waals surface area contributed by atoms with Gasteiger partial charge in [-0.1, -0.05) is 0 Å². The van der Waals surface area contributed by atoms with E-state index in [0.29, 0.717) is 32.8 Å². The maximum Gasteiger partial charge on any atom is 0.500 e. The molecule has 126 valence electrons. The van der Waals surface area contributed by atoms with Crippen LogP contribution in [0, 0.1) is 0 Å². The Morgan fingerprint density at radius 3 is 1.95 bits per heavy atom. The van der Waals surface area contributed by atoms with E-state index in [-0.39, 0.29) is 5.97 Å². The molecule has 0 heterocycles. The fraction of sp³-hybridized carbons (Fsp3) is 0.929. The molecule has 0 fully saturated rings. The number of carbonyl (C=O) groups excluding carboxylic acids is 1. The van der Waals surface area contributed by atoms with Gasteiger partial charge >= 0.3 is 14.8 Å². The Kier molecular flexibility index (Phi) is 11.8. The summed E-state index contributed by atoms with van der Waals surface area (Å²) in [5.41, 5.74) is 0. The van der Waals surface area contributed by atoms with Gasteiger partial charge in [-0.3, -0.25) is 4.79 Å². The zero-order valence-electron chi connectivity index (χ0n) is 14.1. The molecule has 0 amide bonds. The SMILES string of the molecule is CCO[Si](CCCN(C)CCC(=O)OC)(OCC)OCC. The lowest BCUT2D eigenvalue weighted by atomic mass is 10.3. The van der Waals surface area contributed by atoms with Crippen LogP contribution >= 0.6 is 0 Å². The Balaban J connectivity index is 4.18. The number of rotatable bonds is 13. The first-order valence-electron chi connectivity index (χ1n) is 7.70. The van der Waals surface area contributed by atoms with Crippen molar-refractivity contribution in [3.63, 3.8) is 0 Å². The van der Waals surface area contributed by atoms with Crippen molar-refractivity contribution in [1.29, 1.82) is 0 Å². The highest BCUT2D eigenvalue weighted by atomic mass is 28.4. The average molecular weight is 321 g/mol. The molecule has 6 nitrogen and oxygen atoms in total. The van der Waals surface area contributed by atoms with Crippen LogP contribution in [0.1, 0.15) is 33.6 Å². The quantitative estimate of drug-likeness (QED) is 0.381. The Labute approximate surface area is 130 Å². The first-order chi connectivity index (χ1) is 10.0. The fourth-order valence-corrected chi connectivity index (χ4v) is 4.66. The van der Waals surface area contributed by atoms with Crippen molar-refractivity contribution in [2.75, 3.05) is 47.1 Å². The zero-order chi connectivity index (χ0) is 16.1. The van der Waals surface area contributed by atoms with Crippen molar-refractivity contribution in [1.82, 2.24) is 4.90 Å². The molecule has 0 atom stereocenters. The average Bonchev–Trinajstić information content (AvgIpc) is 2.45. The monoisotopic (exact) mass is 321 g/mol. The van der Waals surface area contributed by atoms with Crippen LogP contribution in [-0.2, 0) is 22.8 Å². The lowest BCUT2D eigenvalue weighted by molar-refractivity contribution is -0.140. The van der Waals surface area contributed by atoms with Crippen LogP contribution in [0.5, 0.6) is 0 Å². The van der Waals surface area contributed by atoms with Crippen LogP contribution in [0.4, 0.5) is 0 Å². The number of hydrogen-bond donors (Lipinski definition) is 0. The minimum absolute atomic E-state index is 0.177. The molecule has 0 aromatic carbocycles. The summed E-state index contributed by atoms with van der Waals surface area (Å²) >= 11 is 0. The summed E-state index contributed by atoms with van der Waals surface area (Å²) in [4.78, 5) is 13.2. The third-order valence-electron chi connectivity index (χ3n) is 3.04. The molecule has 0 rings (SSSR count). The normalized spacial score (nSPS) is 11.9. The molecule has 0 N–H and O–H groups in total. The summed E-state index contributed by atoms with van der Waals surface area (Å²) in [6.45, 7) is 9.25. The summed E-state index contributed by atoms with van der Waals surface area (Å²) in [6, 6.07) is 0.797. The topological polar surface area (TPSA) is 57.2 Å². The number of hydrogen-bond acceptors (Lipinski definition) is 6. The fourth-order valence-electron chi connectivity index (χ4n) is 2.06. The smallest absolute Gasteiger partial charge is 0.469 e. The molecular formula is C14H31NO5Si. The first kappa shape index (κ1) is 20.5. The van der Waals surface area contributed by atoms with E-state index in [1.807, 2.05) is 27.8 Å². The van der Waals surface area contributed by atoms with Crippen molar-refractivity contribution < 1.29 is 22.8 Å². The third-order valence-corrected chi connectivity index (χ3v) is 6.19. The van der Waals surface area contributed by atoms with Gasteiger partial charge in [0.2, 0.25) is 0 Å². The predicted molar refractivity (Wildman–Crippen MR) is 84.2 cm³/mol. The van der Waals surface area contributed by atoms with Crippen molar-refractivity contribution in [3.8, 4) is 0 Å². The molecule has 0 bridgehead atoms. The van der Waals surface area contributed by atoms with Gasteiger partial charge in [0.05, 0.1) is 13.5 Å². The molecule has 0 saturated carbocycles. The van der Waals surface area contributed by atoms with Gasteiger partial charge in [0.25, 0.3) is 0 Å². The molecule has 0 aromatic rings. The molecule has 0 unspecified atom stereocenters. The zero-order valence-corrected chi connectivity index (χ0v) is 15.1. The molecule has 21 heavy (non-hydrogen) atoms. The van der Waals surface area contributed by atoms with Gasteiger partial charge in [0.15, 0.2) is 0 Å². The minimum Gasteiger partial charge on any atom is -0.469 e. The highest BCUT2D eigenvalue weighted by Gasteiger charge is 2.39. The van der Waals surface area contributed by atoms with E-state index in [1.165, 1.54) is 7.11 Å². The molecular weight excluding hydrogens is 290 g/mol. The minimum atomic E-state index is -2.53. The van der Waals surface area contributed by atoms with Gasteiger partial charge in [0.1, 0.15) is 0 Å². The van der Waals surface area contributed by atoms with Crippen LogP contribution in [0.15, 0.2) is 0 Å². The van der Waals surface area contributed by atoms with Crippen LogP contribution in [0.3, 0.4) is 0 Å². The van der Waals surface area contributed by atoms with E-state index in [1.54, 1.807) is 0 Å². The molecule has 0 aromatic heterocycles. The Morgan fingerprint density at radius 2 is 1.52 bits per heavy atom. The molecule has 7 heteroatoms. The second-order valence-electron chi connectivity index (χ2n) is 4.72. The lowest BCUT2D eigenvalue weighted by Crippen LogP contribution is -2.46. The summed E-state index contributed by atoms with van der Waals surface area (Å²) in [5, 5.41) is 0. The highest BCUT2D eigenvalue weighted by molar-refractivity contribution is 6.60. The van der Waals surface area contributed by atoms with Gasteiger partial charge in [0, 0.05) is 32.4 Å². The van der Waals surface area contributed by atoms with Crippen LogP contribution in [0.2, 0.25) is 6.04 Å². The lowest BCUT2D eigenvalue weighted by Gasteiger charge is -2.29. The number of carbonyl (C=O) groups is 1. The van der Waals surface area contributed by atoms with Gasteiger partial charge < -0.3 is 22.9 Å². The molecule has 0 spiro atoms. The van der Waals surface area contributed by atoms with Crippen molar-refractivity contribution >= 4 is 14.8 Å². The van der Waals surface area contributed by atoms with Crippen LogP contribution in [-0.4, -0.2) is 66.7 Å². The van der Waals surface area contributed by atoms with E-state index < -0.39 is 8.80 Å². The largest absolute Gasteiger partial charge is 0.500 e. The summed E-state index contributed by atoms with van der Waals surface area (Å²) in [7, 11) is 0.873. The van der Waals surface area contributed by atoms with E-state index in [2.05, 4.69) is 9.64 Å². The maximum atomic E-state index is 11.1. The van der Waals surface area contributed by atoms with Crippen molar-refractivity contribution in [2.45, 2.75) is 39.7 Å². The van der Waals surface area contributed by atoms with Crippen LogP contribution < -0.4 is 0 Å². The maximum absolute atomic E-state index is 11.1. The highest BCUT2D eigenvalue weighted by Crippen LogP contribution is 2.18. The number of methoxy groups -OCH3 is 1. The van der Waals surface area contributed by atoms with E-state index in [9.17, 15) is 4.79 Å². The molecule has 0 aliphatic rings. The van der Waals surface area contributed by atoms with Gasteiger partial charge in [-0.2, -0.15) is 0 Å². The summed E-state index contributed by atoms with van der Waals surface area (Å²) in [5.74, 6) is -0.177. The van der Waals surface area contributed by atoms with Gasteiger partial charge in [-0.25, -0.2) is 0 Å². The second kappa shape index (κ2) is 12.1. The van der Waals surface area contributed by atoms with E-state index in [0.717, 1.165) is 19.0 Å². The number of nitrogens with zero attached hydrogens (tertiary/aromatic N) is 1. The molecule has 0 radical (unpaired) electrons. The Hall–Kier alpha value is -0.473. The number of esters is 1. The summed E-state index contributed by atoms with van der Waals surface area (Å²) < 4.78 is 22.1. The first-order valence-corrected chi connectivity index (χ1v) is 9.63. The van der Waals surface area contributed by atoms with E-state index >= 15 is 0 Å². The molecule has 0 aliphatic heterocycles. The third kappa shape index (κ3) is 9.21. The molecule has 0 aliphatic carbocycles. The van der Waals surface area contributed by atoms with Crippen molar-refractivity contribution in [3.05, 3.63) is 0 Å². The second-order valence-corrected chi connectivity index (χ2v) is 7.45. The van der Waals surface area contributed by atoms with Gasteiger partial charge in [-0.05, 0) is 40.8 Å². The Morgan fingerprint density at radius 1 is 1.00 bits per heavy atom. The van der Waals surface area contributed by atoms with Crippen LogP contribution in [0.25, 0.3) is 0 Å². The van der Waals surface area contributed by atoms with Crippen molar-refractivity contribution in [2.24, 2.45) is 0 Å². The standard InChI is InChI=1S/C14H31NO5Si/c1-6-18-21(19-7-2,20-8-3)13-9-11-15(4)12-10-14(16)17-5/h6-13H2,1-5H3. The van der Waals surface area contributed by atoms with E-state index in [4.69, 9.17) is 13.3 Å². The Bertz CT molecular complexity index is 261. The molecule has 0 saturated heterocycles. The summed E-state index contributed by atoms with van der Waals surface area (Å²) in [6.07, 6.45) is 1.34. The number of ether oxygens (including phenoxy) is 1. The van der Waals surface area contributed by atoms with Gasteiger partial charge in [-0.15, -0.1) is 0 Å².